The molecule has 6 aromatic carbocycles. The first-order chi connectivity index (χ1) is 14.3. The Morgan fingerprint density at radius 3 is 2.03 bits per heavy atom. The van der Waals surface area contributed by atoms with Crippen LogP contribution in [-0.4, -0.2) is 0 Å². The second-order valence-electron chi connectivity index (χ2n) is 7.92. The van der Waals surface area contributed by atoms with Gasteiger partial charge in [0.15, 0.2) is 0 Å². The molecule has 0 saturated carbocycles. The van der Waals surface area contributed by atoms with Crippen LogP contribution in [0, 0.1) is 6.92 Å². The summed E-state index contributed by atoms with van der Waals surface area (Å²) in [6.45, 7) is 2.17. The molecule has 0 fully saturated rings. The first kappa shape index (κ1) is 16.3. The molecule has 29 heavy (non-hydrogen) atoms. The van der Waals surface area contributed by atoms with Crippen LogP contribution in [0.5, 0.6) is 0 Å². The molecule has 136 valence electrons. The van der Waals surface area contributed by atoms with Crippen molar-refractivity contribution < 1.29 is 0 Å². The molecule has 6 rings (SSSR count). The van der Waals surface area contributed by atoms with E-state index in [1.807, 2.05) is 0 Å². The molecular formula is C29H20. The fraction of sp³-hybridized carbons (Fsp3) is 0.0345. The molecule has 0 nitrogen and oxygen atoms in total. The Morgan fingerprint density at radius 2 is 1.14 bits per heavy atom. The summed E-state index contributed by atoms with van der Waals surface area (Å²) in [7, 11) is 0. The maximum absolute atomic E-state index is 2.37. The van der Waals surface area contributed by atoms with Crippen LogP contribution in [0.4, 0.5) is 0 Å². The van der Waals surface area contributed by atoms with Gasteiger partial charge in [0, 0.05) is 0 Å². The summed E-state index contributed by atoms with van der Waals surface area (Å²) in [6.07, 6.45) is 0. The van der Waals surface area contributed by atoms with Gasteiger partial charge in [-0.3, -0.25) is 0 Å². The third-order valence-corrected chi connectivity index (χ3v) is 6.05. The highest BCUT2D eigenvalue weighted by atomic mass is 14.2. The molecule has 0 atom stereocenters. The van der Waals surface area contributed by atoms with E-state index in [-0.39, 0.29) is 0 Å². The topological polar surface area (TPSA) is 0 Å². The predicted molar refractivity (Wildman–Crippen MR) is 127 cm³/mol. The van der Waals surface area contributed by atoms with Gasteiger partial charge in [0.05, 0.1) is 0 Å². The van der Waals surface area contributed by atoms with E-state index in [4.69, 9.17) is 0 Å². The molecule has 0 aliphatic rings. The zero-order valence-electron chi connectivity index (χ0n) is 16.3. The molecule has 0 spiro atoms. The maximum atomic E-state index is 2.37. The van der Waals surface area contributed by atoms with Crippen molar-refractivity contribution in [2.75, 3.05) is 0 Å². The minimum atomic E-state index is 1.28. The lowest BCUT2D eigenvalue weighted by atomic mass is 9.88. The molecule has 0 bridgehead atoms. The smallest absolute Gasteiger partial charge is 0.00264 e. The average Bonchev–Trinajstić information content (AvgIpc) is 2.77. The molecule has 6 aromatic rings. The van der Waals surface area contributed by atoms with E-state index in [2.05, 4.69) is 110 Å². The number of hydrogen-bond donors (Lipinski definition) is 0. The second-order valence-corrected chi connectivity index (χ2v) is 7.92. The Morgan fingerprint density at radius 1 is 0.414 bits per heavy atom. The van der Waals surface area contributed by atoms with Gasteiger partial charge in [0.25, 0.3) is 0 Å². The molecule has 0 radical (unpaired) electrons. The summed E-state index contributed by atoms with van der Waals surface area (Å²) in [4.78, 5) is 0. The third-order valence-electron chi connectivity index (χ3n) is 6.05. The van der Waals surface area contributed by atoms with E-state index >= 15 is 0 Å². The van der Waals surface area contributed by atoms with Crippen molar-refractivity contribution in [3.05, 3.63) is 109 Å². The maximum Gasteiger partial charge on any atom is -0.00264 e. The van der Waals surface area contributed by atoms with Crippen LogP contribution in [0.25, 0.3) is 54.2 Å². The Kier molecular flexibility index (Phi) is 3.48. The molecule has 0 unspecified atom stereocenters. The van der Waals surface area contributed by atoms with Crippen LogP contribution in [0.15, 0.2) is 103 Å². The molecule has 0 N–H and O–H groups in total. The zero-order chi connectivity index (χ0) is 19.4. The highest BCUT2D eigenvalue weighted by Gasteiger charge is 2.12. The highest BCUT2D eigenvalue weighted by molar-refractivity contribution is 6.20. The Hall–Kier alpha value is -3.64. The van der Waals surface area contributed by atoms with Gasteiger partial charge in [-0.25, -0.2) is 0 Å². The fourth-order valence-corrected chi connectivity index (χ4v) is 4.65. The van der Waals surface area contributed by atoms with Crippen LogP contribution in [0.3, 0.4) is 0 Å². The van der Waals surface area contributed by atoms with E-state index < -0.39 is 0 Å². The third kappa shape index (κ3) is 2.53. The molecule has 0 saturated heterocycles. The van der Waals surface area contributed by atoms with Crippen molar-refractivity contribution >= 4 is 43.1 Å². The van der Waals surface area contributed by atoms with Gasteiger partial charge in [-0.05, 0) is 73.3 Å². The standard InChI is InChI=1S/C29H20/c1-19-10-14-26-24(16-19)18-28-25-9-5-4-7-21(25)13-15-27(28)29(26)23-12-11-20-6-2-3-8-22(20)17-23/h2-18H,1H3. The Bertz CT molecular complexity index is 1550. The largest absolute Gasteiger partial charge is 0.0616 e. The summed E-state index contributed by atoms with van der Waals surface area (Å²) < 4.78 is 0. The summed E-state index contributed by atoms with van der Waals surface area (Å²) in [5, 5.41) is 10.4. The first-order valence-corrected chi connectivity index (χ1v) is 10.1. The SMILES string of the molecule is Cc1ccc2c(-c3ccc4ccccc4c3)c3ccc4ccccc4c3cc2c1. The van der Waals surface area contributed by atoms with Crippen molar-refractivity contribution in [2.45, 2.75) is 6.92 Å². The van der Waals surface area contributed by atoms with E-state index in [9.17, 15) is 0 Å². The minimum absolute atomic E-state index is 1.28. The predicted octanol–water partition coefficient (Wildman–Crippen LogP) is 8.27. The van der Waals surface area contributed by atoms with Crippen molar-refractivity contribution in [3.8, 4) is 11.1 Å². The number of benzene rings is 6. The zero-order valence-corrected chi connectivity index (χ0v) is 16.3. The van der Waals surface area contributed by atoms with Crippen LogP contribution < -0.4 is 0 Å². The monoisotopic (exact) mass is 368 g/mol. The van der Waals surface area contributed by atoms with Crippen molar-refractivity contribution in [2.24, 2.45) is 0 Å². The lowest BCUT2D eigenvalue weighted by molar-refractivity contribution is 1.51. The number of rotatable bonds is 1. The van der Waals surface area contributed by atoms with Gasteiger partial charge in [0.2, 0.25) is 0 Å². The number of aryl methyl sites for hydroxylation is 1. The fourth-order valence-electron chi connectivity index (χ4n) is 4.65. The molecule has 0 aromatic heterocycles. The second kappa shape index (κ2) is 6.18. The Labute approximate surface area is 170 Å². The first-order valence-electron chi connectivity index (χ1n) is 10.1. The average molecular weight is 368 g/mol. The van der Waals surface area contributed by atoms with Crippen molar-refractivity contribution in [1.29, 1.82) is 0 Å². The van der Waals surface area contributed by atoms with Crippen LogP contribution in [0.2, 0.25) is 0 Å². The van der Waals surface area contributed by atoms with E-state index in [1.165, 1.54) is 59.8 Å². The Balaban J connectivity index is 1.81. The molecular weight excluding hydrogens is 348 g/mol. The molecule has 0 amide bonds. The van der Waals surface area contributed by atoms with Crippen LogP contribution >= 0.6 is 0 Å². The van der Waals surface area contributed by atoms with Gasteiger partial charge >= 0.3 is 0 Å². The van der Waals surface area contributed by atoms with Gasteiger partial charge in [-0.1, -0.05) is 96.6 Å². The summed E-state index contributed by atoms with van der Waals surface area (Å²) >= 11 is 0. The van der Waals surface area contributed by atoms with E-state index in [1.54, 1.807) is 0 Å². The number of hydrogen-bond acceptors (Lipinski definition) is 0. The lowest BCUT2D eigenvalue weighted by Gasteiger charge is -2.15. The normalized spacial score (nSPS) is 11.6. The minimum Gasteiger partial charge on any atom is -0.0616 e. The van der Waals surface area contributed by atoms with E-state index in [0.717, 1.165) is 0 Å². The van der Waals surface area contributed by atoms with Gasteiger partial charge in [0.1, 0.15) is 0 Å². The summed E-state index contributed by atoms with van der Waals surface area (Å²) in [5.41, 5.74) is 3.90. The molecule has 0 heteroatoms. The molecule has 0 heterocycles. The number of fused-ring (bicyclic) bond motifs is 5. The van der Waals surface area contributed by atoms with Gasteiger partial charge < -0.3 is 0 Å². The highest BCUT2D eigenvalue weighted by Crippen LogP contribution is 2.40. The summed E-state index contributed by atoms with van der Waals surface area (Å²) in [5.74, 6) is 0. The molecule has 0 aliphatic heterocycles. The van der Waals surface area contributed by atoms with Gasteiger partial charge in [-0.15, -0.1) is 0 Å². The van der Waals surface area contributed by atoms with E-state index in [0.29, 0.717) is 0 Å². The summed E-state index contributed by atoms with van der Waals surface area (Å²) in [6, 6.07) is 37.8. The lowest BCUT2D eigenvalue weighted by Crippen LogP contribution is -1.88. The quantitative estimate of drug-likeness (QED) is 0.202. The van der Waals surface area contributed by atoms with Crippen LogP contribution in [0.1, 0.15) is 5.56 Å². The van der Waals surface area contributed by atoms with Gasteiger partial charge in [-0.2, -0.15) is 0 Å². The van der Waals surface area contributed by atoms with Crippen molar-refractivity contribution in [3.63, 3.8) is 0 Å². The van der Waals surface area contributed by atoms with Crippen molar-refractivity contribution in [1.82, 2.24) is 0 Å². The molecule has 0 aliphatic carbocycles. The van der Waals surface area contributed by atoms with Crippen LogP contribution in [-0.2, 0) is 0 Å².